The van der Waals surface area contributed by atoms with Crippen LogP contribution in [0.2, 0.25) is 0 Å². The first kappa shape index (κ1) is 21.9. The van der Waals surface area contributed by atoms with Crippen LogP contribution in [-0.4, -0.2) is 53.4 Å². The molecule has 2 aliphatic rings. The number of rotatable bonds is 7. The number of likely N-dealkylation sites (tertiary alicyclic amines) is 1. The molecule has 162 valence electrons. The third-order valence-corrected chi connectivity index (χ3v) is 5.90. The van der Waals surface area contributed by atoms with Crippen LogP contribution in [0, 0.1) is 0 Å². The van der Waals surface area contributed by atoms with E-state index in [0.717, 1.165) is 36.2 Å². The summed E-state index contributed by atoms with van der Waals surface area (Å²) in [5.74, 6) is 0.0733. The fraction of sp³-hybridized carbons (Fsp3) is 0.522. The molecule has 2 heterocycles. The molecule has 0 spiro atoms. The van der Waals surface area contributed by atoms with Gasteiger partial charge in [0.2, 0.25) is 5.91 Å². The zero-order chi connectivity index (χ0) is 21.9. The molecular formula is C23H31N3O4. The van der Waals surface area contributed by atoms with Crippen molar-refractivity contribution in [2.45, 2.75) is 58.0 Å². The lowest BCUT2D eigenvalue weighted by Gasteiger charge is -2.36. The Kier molecular flexibility index (Phi) is 6.48. The van der Waals surface area contributed by atoms with Crippen molar-refractivity contribution in [1.82, 2.24) is 15.1 Å². The van der Waals surface area contributed by atoms with Crippen molar-refractivity contribution in [3.63, 3.8) is 0 Å². The van der Waals surface area contributed by atoms with Crippen molar-refractivity contribution in [1.29, 1.82) is 0 Å². The van der Waals surface area contributed by atoms with Crippen LogP contribution in [0.3, 0.4) is 0 Å². The SMILES string of the molecule is C=C(C)COc1ccc(C2(C)NC(=O)N(CC(=O)N3CCCCC3CC)C2=O)cc1. The van der Waals surface area contributed by atoms with Gasteiger partial charge in [-0.05, 0) is 62.8 Å². The van der Waals surface area contributed by atoms with E-state index in [1.165, 1.54) is 0 Å². The van der Waals surface area contributed by atoms with Crippen molar-refractivity contribution >= 4 is 17.8 Å². The van der Waals surface area contributed by atoms with Gasteiger partial charge in [0.15, 0.2) is 0 Å². The molecule has 2 unspecified atom stereocenters. The maximum absolute atomic E-state index is 13.1. The molecule has 1 aromatic carbocycles. The summed E-state index contributed by atoms with van der Waals surface area (Å²) >= 11 is 0. The Morgan fingerprint density at radius 1 is 1.27 bits per heavy atom. The van der Waals surface area contributed by atoms with Gasteiger partial charge >= 0.3 is 6.03 Å². The molecule has 2 atom stereocenters. The van der Waals surface area contributed by atoms with E-state index in [2.05, 4.69) is 18.8 Å². The maximum atomic E-state index is 13.1. The molecule has 2 saturated heterocycles. The van der Waals surface area contributed by atoms with Crippen molar-refractivity contribution in [2.75, 3.05) is 19.7 Å². The van der Waals surface area contributed by atoms with Gasteiger partial charge in [0.05, 0.1) is 0 Å². The Morgan fingerprint density at radius 2 is 1.97 bits per heavy atom. The van der Waals surface area contributed by atoms with Crippen molar-refractivity contribution in [2.24, 2.45) is 0 Å². The minimum Gasteiger partial charge on any atom is -0.489 e. The molecule has 1 aromatic rings. The summed E-state index contributed by atoms with van der Waals surface area (Å²) in [4.78, 5) is 41.4. The van der Waals surface area contributed by atoms with Crippen LogP contribution in [0.1, 0.15) is 52.0 Å². The van der Waals surface area contributed by atoms with E-state index in [1.807, 2.05) is 11.8 Å². The standard InChI is InChI=1S/C23H31N3O4/c1-5-18-8-6-7-13-25(18)20(27)14-26-21(28)23(4,24-22(26)29)17-9-11-19(12-10-17)30-15-16(2)3/h9-12,18H,2,5-8,13-15H2,1,3-4H3,(H,24,29). The first-order valence-electron chi connectivity index (χ1n) is 10.6. The van der Waals surface area contributed by atoms with Gasteiger partial charge in [-0.2, -0.15) is 0 Å². The lowest BCUT2D eigenvalue weighted by molar-refractivity contribution is -0.141. The molecule has 0 bridgehead atoms. The molecule has 0 radical (unpaired) electrons. The van der Waals surface area contributed by atoms with Crippen molar-refractivity contribution in [3.05, 3.63) is 42.0 Å². The van der Waals surface area contributed by atoms with Crippen LogP contribution in [0.5, 0.6) is 5.75 Å². The first-order chi connectivity index (χ1) is 14.3. The highest BCUT2D eigenvalue weighted by molar-refractivity contribution is 6.09. The number of nitrogens with one attached hydrogen (secondary N) is 1. The van der Waals surface area contributed by atoms with Gasteiger partial charge in [-0.3, -0.25) is 14.5 Å². The molecule has 7 heteroatoms. The summed E-state index contributed by atoms with van der Waals surface area (Å²) in [6, 6.07) is 6.69. The van der Waals surface area contributed by atoms with Crippen LogP contribution in [0.4, 0.5) is 4.79 Å². The molecule has 2 fully saturated rings. The highest BCUT2D eigenvalue weighted by Gasteiger charge is 2.50. The normalized spacial score (nSPS) is 24.0. The van der Waals surface area contributed by atoms with Crippen molar-refractivity contribution < 1.29 is 19.1 Å². The summed E-state index contributed by atoms with van der Waals surface area (Å²) < 4.78 is 5.60. The van der Waals surface area contributed by atoms with Crippen LogP contribution in [0.15, 0.2) is 36.4 Å². The largest absolute Gasteiger partial charge is 0.489 e. The summed E-state index contributed by atoms with van der Waals surface area (Å²) in [5.41, 5.74) is 0.336. The number of carbonyl (C=O) groups is 3. The number of benzene rings is 1. The third kappa shape index (κ3) is 4.35. The Hall–Kier alpha value is -2.83. The number of amides is 4. The Labute approximate surface area is 178 Å². The average Bonchev–Trinajstić information content (AvgIpc) is 2.96. The monoisotopic (exact) mass is 413 g/mol. The zero-order valence-corrected chi connectivity index (χ0v) is 18.1. The summed E-state index contributed by atoms with van der Waals surface area (Å²) in [6.07, 6.45) is 3.92. The van der Waals surface area contributed by atoms with Gasteiger partial charge in [-0.15, -0.1) is 0 Å². The average molecular weight is 414 g/mol. The van der Waals surface area contributed by atoms with Gasteiger partial charge in [0.25, 0.3) is 5.91 Å². The van der Waals surface area contributed by atoms with Crippen LogP contribution in [-0.2, 0) is 15.1 Å². The van der Waals surface area contributed by atoms with Gasteiger partial charge in [-0.25, -0.2) is 4.79 Å². The Bertz CT molecular complexity index is 835. The lowest BCUT2D eigenvalue weighted by Crippen LogP contribution is -2.49. The van der Waals surface area contributed by atoms with Gasteiger partial charge < -0.3 is 15.0 Å². The van der Waals surface area contributed by atoms with Gasteiger partial charge in [0.1, 0.15) is 24.4 Å². The van der Waals surface area contributed by atoms with E-state index < -0.39 is 17.5 Å². The molecule has 0 saturated carbocycles. The topological polar surface area (TPSA) is 79.0 Å². The summed E-state index contributed by atoms with van der Waals surface area (Å²) in [6.45, 7) is 10.3. The van der Waals surface area contributed by atoms with E-state index in [1.54, 1.807) is 31.2 Å². The molecule has 4 amide bonds. The predicted octanol–water partition coefficient (Wildman–Crippen LogP) is 3.20. The Morgan fingerprint density at radius 3 is 2.60 bits per heavy atom. The van der Waals surface area contributed by atoms with Crippen LogP contribution >= 0.6 is 0 Å². The van der Waals surface area contributed by atoms with E-state index in [9.17, 15) is 14.4 Å². The quantitative estimate of drug-likeness (QED) is 0.550. The number of carbonyl (C=O) groups excluding carboxylic acids is 3. The molecule has 30 heavy (non-hydrogen) atoms. The first-order valence-corrected chi connectivity index (χ1v) is 10.6. The summed E-state index contributed by atoms with van der Waals surface area (Å²) in [5, 5.41) is 2.76. The number of hydrogen-bond donors (Lipinski definition) is 1. The number of hydrogen-bond acceptors (Lipinski definition) is 4. The number of ether oxygens (including phenoxy) is 1. The second-order valence-corrected chi connectivity index (χ2v) is 8.36. The molecule has 1 N–H and O–H groups in total. The molecule has 7 nitrogen and oxygen atoms in total. The van der Waals surface area contributed by atoms with Crippen LogP contribution in [0.25, 0.3) is 0 Å². The second kappa shape index (κ2) is 8.90. The van der Waals surface area contributed by atoms with Crippen molar-refractivity contribution in [3.8, 4) is 5.75 Å². The molecule has 0 aliphatic carbocycles. The smallest absolute Gasteiger partial charge is 0.325 e. The molecule has 3 rings (SSSR count). The fourth-order valence-electron chi connectivity index (χ4n) is 4.11. The number of urea groups is 1. The van der Waals surface area contributed by atoms with Gasteiger partial charge in [-0.1, -0.05) is 25.6 Å². The lowest BCUT2D eigenvalue weighted by atomic mass is 9.92. The number of nitrogens with zero attached hydrogens (tertiary/aromatic N) is 2. The van der Waals surface area contributed by atoms with Gasteiger partial charge in [0, 0.05) is 12.6 Å². The maximum Gasteiger partial charge on any atom is 0.325 e. The van der Waals surface area contributed by atoms with E-state index in [4.69, 9.17) is 4.74 Å². The molecule has 2 aliphatic heterocycles. The second-order valence-electron chi connectivity index (χ2n) is 8.36. The summed E-state index contributed by atoms with van der Waals surface area (Å²) in [7, 11) is 0. The Balaban J connectivity index is 1.71. The number of piperidine rings is 1. The minimum absolute atomic E-state index is 0.169. The number of imide groups is 1. The zero-order valence-electron chi connectivity index (χ0n) is 18.1. The third-order valence-electron chi connectivity index (χ3n) is 5.90. The van der Waals surface area contributed by atoms with E-state index in [0.29, 0.717) is 24.5 Å². The predicted molar refractivity (Wildman–Crippen MR) is 114 cm³/mol. The van der Waals surface area contributed by atoms with E-state index >= 15 is 0 Å². The van der Waals surface area contributed by atoms with Crippen LogP contribution < -0.4 is 10.1 Å². The highest BCUT2D eigenvalue weighted by atomic mass is 16.5. The minimum atomic E-state index is -1.21. The fourth-order valence-corrected chi connectivity index (χ4v) is 4.11. The molecular weight excluding hydrogens is 382 g/mol. The van der Waals surface area contributed by atoms with E-state index in [-0.39, 0.29) is 18.5 Å². The molecule has 0 aromatic heterocycles. The highest BCUT2D eigenvalue weighted by Crippen LogP contribution is 2.30.